The summed E-state index contributed by atoms with van der Waals surface area (Å²) in [4.78, 5) is 18.4. The molecule has 6 heteroatoms. The average Bonchev–Trinajstić information content (AvgIpc) is 2.24. The summed E-state index contributed by atoms with van der Waals surface area (Å²) in [6, 6.07) is 0. The number of hydrogen-bond acceptors (Lipinski definition) is 4. The number of esters is 1. The molecule has 0 saturated carbocycles. The van der Waals surface area contributed by atoms with Gasteiger partial charge in [0.1, 0.15) is 13.2 Å². The first-order valence-electron chi connectivity index (χ1n) is 4.66. The van der Waals surface area contributed by atoms with Crippen molar-refractivity contribution < 1.29 is 23.5 Å². The zero-order valence-corrected chi connectivity index (χ0v) is 10.0. The van der Waals surface area contributed by atoms with Gasteiger partial charge in [0.05, 0.1) is 0 Å². The number of carbonyl (C=O) groups is 1. The normalized spacial score (nSPS) is 9.67. The molecule has 0 radical (unpaired) electrons. The van der Waals surface area contributed by atoms with Crippen molar-refractivity contribution in [2.75, 3.05) is 13.2 Å². The highest BCUT2D eigenvalue weighted by Crippen LogP contribution is 2.12. The third-order valence-corrected chi connectivity index (χ3v) is 1.60. The van der Waals surface area contributed by atoms with Crippen molar-refractivity contribution in [1.82, 2.24) is 0 Å². The fourth-order valence-corrected chi connectivity index (χ4v) is 0.547. The van der Waals surface area contributed by atoms with E-state index in [1.807, 2.05) is 0 Å². The highest BCUT2D eigenvalue weighted by Gasteiger charge is 2.10. The molecule has 0 bridgehead atoms. The van der Waals surface area contributed by atoms with E-state index in [-0.39, 0.29) is 13.2 Å². The number of rotatable bonds is 6. The van der Waals surface area contributed by atoms with Crippen LogP contribution in [0.1, 0.15) is 26.7 Å². The van der Waals surface area contributed by atoms with Gasteiger partial charge in [0.25, 0.3) is 0 Å². The first kappa shape index (κ1) is 16.7. The van der Waals surface area contributed by atoms with Crippen LogP contribution in [0.2, 0.25) is 0 Å². The second-order valence-corrected chi connectivity index (χ2v) is 3.18. The molecular formula is C9H18O5P+. The molecule has 0 aromatic heterocycles. The molecule has 0 amide bonds. The molecule has 0 spiro atoms. The molecule has 88 valence electrons. The van der Waals surface area contributed by atoms with Crippen molar-refractivity contribution in [2.24, 2.45) is 0 Å². The van der Waals surface area contributed by atoms with Crippen LogP contribution in [-0.4, -0.2) is 24.1 Å². The van der Waals surface area contributed by atoms with Gasteiger partial charge in [-0.15, -0.1) is 9.42 Å². The molecule has 0 rings (SSSR count). The molecule has 0 fully saturated rings. The molecule has 1 atom stereocenters. The predicted molar refractivity (Wildman–Crippen MR) is 57.5 cm³/mol. The van der Waals surface area contributed by atoms with Gasteiger partial charge in [0, 0.05) is 10.6 Å². The zero-order chi connectivity index (χ0) is 12.1. The van der Waals surface area contributed by atoms with E-state index < -0.39 is 14.2 Å². The summed E-state index contributed by atoms with van der Waals surface area (Å²) in [6.45, 7) is 7.37. The number of carbonyl (C=O) groups excluding carboxylic acids is 1. The summed E-state index contributed by atoms with van der Waals surface area (Å²) in [5.41, 5.74) is 0. The molecule has 15 heavy (non-hydrogen) atoms. The van der Waals surface area contributed by atoms with Crippen LogP contribution in [0.4, 0.5) is 0 Å². The number of unbranched alkanes of at least 4 members (excludes halogenated alkanes) is 1. The lowest BCUT2D eigenvalue weighted by molar-refractivity contribution is -0.138. The summed E-state index contributed by atoms with van der Waals surface area (Å²) in [7, 11) is -2.60. The highest BCUT2D eigenvalue weighted by atomic mass is 31.1. The Labute approximate surface area is 91.0 Å². The van der Waals surface area contributed by atoms with Gasteiger partial charge in [-0.2, -0.15) is 0 Å². The lowest BCUT2D eigenvalue weighted by Gasteiger charge is -1.95. The number of hydrogen-bond donors (Lipinski definition) is 1. The van der Waals surface area contributed by atoms with Crippen LogP contribution in [0.3, 0.4) is 0 Å². The Balaban J connectivity index is 0. The van der Waals surface area contributed by atoms with Crippen molar-refractivity contribution in [3.05, 3.63) is 12.7 Å². The lowest BCUT2D eigenvalue weighted by atomic mass is 10.4. The number of ether oxygens (including phenoxy) is 1. The maximum Gasteiger partial charge on any atom is 0.694 e. The summed E-state index contributed by atoms with van der Waals surface area (Å²) in [5, 5.41) is 0. The minimum atomic E-state index is -2.60. The Hall–Kier alpha value is -0.770. The van der Waals surface area contributed by atoms with Crippen LogP contribution in [0.25, 0.3) is 0 Å². The Morgan fingerprint density at radius 3 is 2.27 bits per heavy atom. The predicted octanol–water partition coefficient (Wildman–Crippen LogP) is 2.19. The van der Waals surface area contributed by atoms with Crippen molar-refractivity contribution in [1.29, 1.82) is 0 Å². The summed E-state index contributed by atoms with van der Waals surface area (Å²) >= 11 is 0. The van der Waals surface area contributed by atoms with Gasteiger partial charge in [0.15, 0.2) is 0 Å². The highest BCUT2D eigenvalue weighted by molar-refractivity contribution is 7.32. The molecule has 1 unspecified atom stereocenters. The monoisotopic (exact) mass is 237 g/mol. The quantitative estimate of drug-likeness (QED) is 0.332. The molecular weight excluding hydrogens is 219 g/mol. The Morgan fingerprint density at radius 1 is 1.40 bits per heavy atom. The van der Waals surface area contributed by atoms with Gasteiger partial charge in [-0.05, 0) is 0 Å². The van der Waals surface area contributed by atoms with Crippen molar-refractivity contribution in [2.45, 2.75) is 26.7 Å². The van der Waals surface area contributed by atoms with Crippen LogP contribution < -0.4 is 0 Å². The largest absolute Gasteiger partial charge is 0.694 e. The minimum Gasteiger partial charge on any atom is -0.460 e. The molecule has 0 saturated heterocycles. The standard InChI is InChI=1S/C5H7O5P.C4H10/c1-2-5(6)9-3-4-10-11(7)8;1-3-4-2/h2H,1,3-4H2;3-4H2,1-2H3/p+1. The molecule has 0 heterocycles. The topological polar surface area (TPSA) is 72.8 Å². The van der Waals surface area contributed by atoms with Crippen LogP contribution in [-0.2, 0) is 18.6 Å². The van der Waals surface area contributed by atoms with E-state index >= 15 is 0 Å². The molecule has 0 aliphatic rings. The van der Waals surface area contributed by atoms with Gasteiger partial charge in [-0.25, -0.2) is 4.79 Å². The van der Waals surface area contributed by atoms with Crippen molar-refractivity contribution >= 4 is 14.2 Å². The molecule has 0 aliphatic carbocycles. The Bertz CT molecular complexity index is 191. The van der Waals surface area contributed by atoms with E-state index in [4.69, 9.17) is 4.89 Å². The Kier molecular flexibility index (Phi) is 14.7. The minimum absolute atomic E-state index is 0.0491. The van der Waals surface area contributed by atoms with Gasteiger partial charge >= 0.3 is 14.2 Å². The SMILES string of the molecule is C=CC(=O)OCCO[P+](=O)O.CCCC. The molecule has 0 aromatic rings. The van der Waals surface area contributed by atoms with Crippen molar-refractivity contribution in [3.8, 4) is 0 Å². The van der Waals surface area contributed by atoms with E-state index in [1.165, 1.54) is 12.8 Å². The first-order chi connectivity index (χ1) is 7.08. The van der Waals surface area contributed by atoms with E-state index in [0.29, 0.717) is 0 Å². The summed E-state index contributed by atoms with van der Waals surface area (Å²) in [6.07, 6.45) is 3.64. The third-order valence-electron chi connectivity index (χ3n) is 1.20. The van der Waals surface area contributed by atoms with Crippen LogP contribution in [0.5, 0.6) is 0 Å². The fraction of sp³-hybridized carbons (Fsp3) is 0.667. The van der Waals surface area contributed by atoms with Gasteiger partial charge in [-0.3, -0.25) is 0 Å². The summed E-state index contributed by atoms with van der Waals surface area (Å²) < 4.78 is 18.5. The lowest BCUT2D eigenvalue weighted by Crippen LogP contribution is -2.05. The fourth-order valence-electron chi connectivity index (χ4n) is 0.317. The average molecular weight is 237 g/mol. The van der Waals surface area contributed by atoms with E-state index in [2.05, 4.69) is 29.7 Å². The molecule has 0 aromatic carbocycles. The molecule has 5 nitrogen and oxygen atoms in total. The first-order valence-corrected chi connectivity index (χ1v) is 5.79. The second-order valence-electron chi connectivity index (χ2n) is 2.44. The maximum absolute atomic E-state index is 10.3. The third kappa shape index (κ3) is 19.6. The van der Waals surface area contributed by atoms with Crippen LogP contribution in [0.15, 0.2) is 12.7 Å². The summed E-state index contributed by atoms with van der Waals surface area (Å²) in [5.74, 6) is -0.582. The Morgan fingerprint density at radius 2 is 1.93 bits per heavy atom. The van der Waals surface area contributed by atoms with E-state index in [1.54, 1.807) is 0 Å². The smallest absolute Gasteiger partial charge is 0.460 e. The van der Waals surface area contributed by atoms with Crippen LogP contribution >= 0.6 is 8.25 Å². The van der Waals surface area contributed by atoms with E-state index in [9.17, 15) is 9.36 Å². The van der Waals surface area contributed by atoms with E-state index in [0.717, 1.165) is 6.08 Å². The van der Waals surface area contributed by atoms with Gasteiger partial charge in [0.2, 0.25) is 0 Å². The zero-order valence-electron chi connectivity index (χ0n) is 9.14. The van der Waals surface area contributed by atoms with Gasteiger partial charge in [-0.1, -0.05) is 33.3 Å². The van der Waals surface area contributed by atoms with Crippen molar-refractivity contribution in [3.63, 3.8) is 0 Å². The maximum atomic E-state index is 10.3. The molecule has 1 N–H and O–H groups in total. The molecule has 0 aliphatic heterocycles. The second kappa shape index (κ2) is 13.2. The van der Waals surface area contributed by atoms with Gasteiger partial charge < -0.3 is 4.74 Å². The van der Waals surface area contributed by atoms with Crippen LogP contribution in [0, 0.1) is 0 Å².